The molecule has 0 spiro atoms. The monoisotopic (exact) mass is 273 g/mol. The standard InChI is InChI=1S/C16H23N3O/c1-2-7-17-15-9-13(10-3-4-10)18-16(19-15)12-8-11-5-6-14(12)20-11/h9-12,14H,2-8H2,1H3,(H,17,18,19). The molecule has 2 aliphatic heterocycles. The molecule has 20 heavy (non-hydrogen) atoms. The normalized spacial score (nSPS) is 31.8. The van der Waals surface area contributed by atoms with Crippen LogP contribution in [0.25, 0.3) is 0 Å². The molecule has 1 aromatic heterocycles. The van der Waals surface area contributed by atoms with E-state index in [-0.39, 0.29) is 0 Å². The van der Waals surface area contributed by atoms with Gasteiger partial charge < -0.3 is 10.1 Å². The van der Waals surface area contributed by atoms with Gasteiger partial charge in [0.25, 0.3) is 0 Å². The van der Waals surface area contributed by atoms with Gasteiger partial charge >= 0.3 is 0 Å². The first-order chi connectivity index (χ1) is 9.83. The summed E-state index contributed by atoms with van der Waals surface area (Å²) >= 11 is 0. The number of nitrogens with one attached hydrogen (secondary N) is 1. The molecule has 2 saturated heterocycles. The summed E-state index contributed by atoms with van der Waals surface area (Å²) in [5.74, 6) is 3.15. The van der Waals surface area contributed by atoms with Crippen molar-refractivity contribution in [3.63, 3.8) is 0 Å². The lowest BCUT2D eigenvalue weighted by atomic mass is 9.88. The molecule has 1 N–H and O–H groups in total. The fourth-order valence-electron chi connectivity index (χ4n) is 3.49. The van der Waals surface area contributed by atoms with Gasteiger partial charge in [0.05, 0.1) is 12.2 Å². The summed E-state index contributed by atoms with van der Waals surface area (Å²) < 4.78 is 5.98. The van der Waals surface area contributed by atoms with Crippen molar-refractivity contribution in [2.24, 2.45) is 0 Å². The van der Waals surface area contributed by atoms with Gasteiger partial charge in [-0.15, -0.1) is 0 Å². The largest absolute Gasteiger partial charge is 0.374 e. The third-order valence-corrected chi connectivity index (χ3v) is 4.75. The van der Waals surface area contributed by atoms with Gasteiger partial charge in [-0.3, -0.25) is 0 Å². The Kier molecular flexibility index (Phi) is 3.14. The minimum absolute atomic E-state index is 0.369. The van der Waals surface area contributed by atoms with E-state index < -0.39 is 0 Å². The molecule has 2 bridgehead atoms. The third kappa shape index (κ3) is 2.30. The topological polar surface area (TPSA) is 47.0 Å². The van der Waals surface area contributed by atoms with Crippen LogP contribution >= 0.6 is 0 Å². The molecule has 1 saturated carbocycles. The Hall–Kier alpha value is -1.16. The minimum atomic E-state index is 0.369. The minimum Gasteiger partial charge on any atom is -0.374 e. The molecule has 3 aliphatic rings. The van der Waals surface area contributed by atoms with Crippen LogP contribution in [0.1, 0.15) is 68.8 Å². The summed E-state index contributed by atoms with van der Waals surface area (Å²) in [5.41, 5.74) is 1.25. The zero-order chi connectivity index (χ0) is 13.5. The number of rotatable bonds is 5. The van der Waals surface area contributed by atoms with Crippen molar-refractivity contribution in [3.8, 4) is 0 Å². The van der Waals surface area contributed by atoms with Crippen LogP contribution < -0.4 is 5.32 Å². The maximum absolute atomic E-state index is 5.98. The lowest BCUT2D eigenvalue weighted by molar-refractivity contribution is 0.0998. The van der Waals surface area contributed by atoms with E-state index in [0.29, 0.717) is 24.0 Å². The van der Waals surface area contributed by atoms with Gasteiger partial charge in [0, 0.05) is 30.1 Å². The van der Waals surface area contributed by atoms with Crippen molar-refractivity contribution in [1.29, 1.82) is 0 Å². The van der Waals surface area contributed by atoms with Crippen LogP contribution in [-0.2, 0) is 4.74 Å². The molecule has 0 amide bonds. The Morgan fingerprint density at radius 1 is 1.25 bits per heavy atom. The number of aromatic nitrogens is 2. The Bertz CT molecular complexity index is 500. The predicted octanol–water partition coefficient (Wildman–Crippen LogP) is 3.21. The zero-order valence-corrected chi connectivity index (χ0v) is 12.1. The third-order valence-electron chi connectivity index (χ3n) is 4.75. The summed E-state index contributed by atoms with van der Waals surface area (Å²) in [6, 6.07) is 2.16. The first-order valence-electron chi connectivity index (χ1n) is 8.11. The van der Waals surface area contributed by atoms with Gasteiger partial charge in [-0.1, -0.05) is 6.92 Å². The van der Waals surface area contributed by atoms with Gasteiger partial charge in [0.2, 0.25) is 0 Å². The molecule has 108 valence electrons. The quantitative estimate of drug-likeness (QED) is 0.895. The van der Waals surface area contributed by atoms with Crippen LogP contribution in [0.3, 0.4) is 0 Å². The maximum atomic E-state index is 5.98. The molecule has 4 heteroatoms. The van der Waals surface area contributed by atoms with Gasteiger partial charge in [-0.2, -0.15) is 0 Å². The number of hydrogen-bond donors (Lipinski definition) is 1. The number of ether oxygens (including phenoxy) is 1. The van der Waals surface area contributed by atoms with Crippen LogP contribution in [0.15, 0.2) is 6.07 Å². The molecule has 1 aromatic rings. The van der Waals surface area contributed by atoms with E-state index >= 15 is 0 Å². The van der Waals surface area contributed by atoms with Crippen LogP contribution in [0, 0.1) is 0 Å². The lowest BCUT2D eigenvalue weighted by Gasteiger charge is -2.19. The second-order valence-electron chi connectivity index (χ2n) is 6.45. The summed E-state index contributed by atoms with van der Waals surface area (Å²) in [5, 5.41) is 3.43. The molecule has 4 nitrogen and oxygen atoms in total. The average Bonchev–Trinajstić information content (AvgIpc) is 3.12. The fourth-order valence-corrected chi connectivity index (χ4v) is 3.49. The van der Waals surface area contributed by atoms with E-state index in [9.17, 15) is 0 Å². The highest BCUT2D eigenvalue weighted by Crippen LogP contribution is 2.45. The Morgan fingerprint density at radius 3 is 2.80 bits per heavy atom. The van der Waals surface area contributed by atoms with E-state index in [1.54, 1.807) is 0 Å². The highest BCUT2D eigenvalue weighted by atomic mass is 16.5. The summed E-state index contributed by atoms with van der Waals surface area (Å²) in [7, 11) is 0. The molecule has 4 rings (SSSR count). The number of anilines is 1. The molecule has 3 atom stereocenters. The van der Waals surface area contributed by atoms with Crippen LogP contribution in [0.2, 0.25) is 0 Å². The number of hydrogen-bond acceptors (Lipinski definition) is 4. The SMILES string of the molecule is CCCNc1cc(C2CC2)nc(C2CC3CCC2O3)n1. The van der Waals surface area contributed by atoms with E-state index in [0.717, 1.165) is 31.0 Å². The fraction of sp³-hybridized carbons (Fsp3) is 0.750. The molecule has 0 aromatic carbocycles. The highest BCUT2D eigenvalue weighted by molar-refractivity contribution is 5.39. The summed E-state index contributed by atoms with van der Waals surface area (Å²) in [6.45, 7) is 3.16. The van der Waals surface area contributed by atoms with Crippen molar-refractivity contribution in [1.82, 2.24) is 9.97 Å². The second-order valence-corrected chi connectivity index (χ2v) is 6.45. The molecular weight excluding hydrogens is 250 g/mol. The van der Waals surface area contributed by atoms with Crippen molar-refractivity contribution in [2.45, 2.75) is 69.5 Å². The Morgan fingerprint density at radius 2 is 2.15 bits per heavy atom. The summed E-state index contributed by atoms with van der Waals surface area (Å²) in [6.07, 6.45) is 8.06. The van der Waals surface area contributed by atoms with Crippen molar-refractivity contribution in [2.75, 3.05) is 11.9 Å². The lowest BCUT2D eigenvalue weighted by Crippen LogP contribution is -2.18. The summed E-state index contributed by atoms with van der Waals surface area (Å²) in [4.78, 5) is 9.65. The highest BCUT2D eigenvalue weighted by Gasteiger charge is 2.43. The molecule has 3 fully saturated rings. The van der Waals surface area contributed by atoms with E-state index in [1.807, 2.05) is 0 Å². The average molecular weight is 273 g/mol. The smallest absolute Gasteiger partial charge is 0.136 e. The number of fused-ring (bicyclic) bond motifs is 2. The van der Waals surface area contributed by atoms with Gasteiger partial charge in [0.1, 0.15) is 11.6 Å². The zero-order valence-electron chi connectivity index (χ0n) is 12.1. The Balaban J connectivity index is 1.62. The maximum Gasteiger partial charge on any atom is 0.136 e. The van der Waals surface area contributed by atoms with E-state index in [4.69, 9.17) is 14.7 Å². The molecule has 3 unspecified atom stereocenters. The number of nitrogens with zero attached hydrogens (tertiary/aromatic N) is 2. The van der Waals surface area contributed by atoms with E-state index in [2.05, 4.69) is 18.3 Å². The molecule has 0 radical (unpaired) electrons. The van der Waals surface area contributed by atoms with Crippen LogP contribution in [0.5, 0.6) is 0 Å². The predicted molar refractivity (Wildman–Crippen MR) is 78.0 cm³/mol. The van der Waals surface area contributed by atoms with Crippen molar-refractivity contribution >= 4 is 5.82 Å². The van der Waals surface area contributed by atoms with E-state index in [1.165, 1.54) is 31.4 Å². The second kappa shape index (κ2) is 4.99. The molecule has 3 heterocycles. The van der Waals surface area contributed by atoms with Crippen LogP contribution in [-0.4, -0.2) is 28.7 Å². The van der Waals surface area contributed by atoms with Crippen LogP contribution in [0.4, 0.5) is 5.82 Å². The van der Waals surface area contributed by atoms with Gasteiger partial charge in [0.15, 0.2) is 0 Å². The Labute approximate surface area is 120 Å². The molecular formula is C16H23N3O. The van der Waals surface area contributed by atoms with Gasteiger partial charge in [-0.05, 0) is 38.5 Å². The molecule has 1 aliphatic carbocycles. The van der Waals surface area contributed by atoms with Crippen molar-refractivity contribution < 1.29 is 4.74 Å². The van der Waals surface area contributed by atoms with Crippen molar-refractivity contribution in [3.05, 3.63) is 17.6 Å². The van der Waals surface area contributed by atoms with Gasteiger partial charge in [-0.25, -0.2) is 9.97 Å². The first kappa shape index (κ1) is 12.6. The first-order valence-corrected chi connectivity index (χ1v) is 8.11.